The third kappa shape index (κ3) is 4.34. The van der Waals surface area contributed by atoms with Gasteiger partial charge in [-0.15, -0.1) is 0 Å². The van der Waals surface area contributed by atoms with Crippen LogP contribution in [0.25, 0.3) is 0 Å². The Hall–Kier alpha value is -0.570. The van der Waals surface area contributed by atoms with Crippen LogP contribution in [0.5, 0.6) is 0 Å². The van der Waals surface area contributed by atoms with E-state index in [-0.39, 0.29) is 11.9 Å². The van der Waals surface area contributed by atoms with Crippen molar-refractivity contribution in [3.63, 3.8) is 0 Å². The molecule has 0 radical (unpaired) electrons. The van der Waals surface area contributed by atoms with Gasteiger partial charge in [0.05, 0.1) is 6.04 Å². The number of carbonyl (C=O) groups is 1. The Morgan fingerprint density at radius 2 is 2.00 bits per heavy atom. The van der Waals surface area contributed by atoms with Crippen molar-refractivity contribution < 1.29 is 4.79 Å². The van der Waals surface area contributed by atoms with Crippen LogP contribution in [0.4, 0.5) is 0 Å². The van der Waals surface area contributed by atoms with E-state index < -0.39 is 0 Å². The predicted molar refractivity (Wildman–Crippen MR) is 51.0 cm³/mol. The first kappa shape index (κ1) is 11.4. The SMILES string of the molecule is CCNC(=O)[C@@H](CC(C)C)NC. The van der Waals surface area contributed by atoms with Crippen LogP contribution in [-0.2, 0) is 4.79 Å². The topological polar surface area (TPSA) is 41.1 Å². The summed E-state index contributed by atoms with van der Waals surface area (Å²) in [7, 11) is 1.82. The molecular weight excluding hydrogens is 152 g/mol. The lowest BCUT2D eigenvalue weighted by Gasteiger charge is -2.16. The van der Waals surface area contributed by atoms with Crippen molar-refractivity contribution in [3.05, 3.63) is 0 Å². The van der Waals surface area contributed by atoms with Gasteiger partial charge in [-0.2, -0.15) is 0 Å². The van der Waals surface area contributed by atoms with Gasteiger partial charge in [0.15, 0.2) is 0 Å². The molecule has 0 aliphatic rings. The summed E-state index contributed by atoms with van der Waals surface area (Å²) in [5.74, 6) is 0.652. The van der Waals surface area contributed by atoms with E-state index in [1.165, 1.54) is 0 Å². The van der Waals surface area contributed by atoms with Crippen LogP contribution in [-0.4, -0.2) is 25.5 Å². The summed E-state index contributed by atoms with van der Waals surface area (Å²) in [6.45, 7) is 6.86. The molecule has 0 spiro atoms. The van der Waals surface area contributed by atoms with Crippen LogP contribution in [0.2, 0.25) is 0 Å². The Labute approximate surface area is 74.9 Å². The van der Waals surface area contributed by atoms with E-state index in [0.717, 1.165) is 6.42 Å². The quantitative estimate of drug-likeness (QED) is 0.642. The van der Waals surface area contributed by atoms with E-state index >= 15 is 0 Å². The van der Waals surface area contributed by atoms with Crippen molar-refractivity contribution in [1.82, 2.24) is 10.6 Å². The van der Waals surface area contributed by atoms with E-state index in [1.807, 2.05) is 14.0 Å². The van der Waals surface area contributed by atoms with Crippen LogP contribution in [0.3, 0.4) is 0 Å². The number of rotatable bonds is 5. The zero-order valence-corrected chi connectivity index (χ0v) is 8.48. The second-order valence-electron chi connectivity index (χ2n) is 3.37. The number of likely N-dealkylation sites (N-methyl/N-ethyl adjacent to an activating group) is 2. The Bertz CT molecular complexity index is 134. The molecule has 0 aromatic carbocycles. The second-order valence-corrected chi connectivity index (χ2v) is 3.37. The number of carbonyl (C=O) groups excluding carboxylic acids is 1. The van der Waals surface area contributed by atoms with E-state index in [4.69, 9.17) is 0 Å². The molecule has 0 saturated carbocycles. The van der Waals surface area contributed by atoms with Crippen LogP contribution in [0, 0.1) is 5.92 Å². The van der Waals surface area contributed by atoms with Gasteiger partial charge in [-0.1, -0.05) is 13.8 Å². The van der Waals surface area contributed by atoms with E-state index in [9.17, 15) is 4.79 Å². The lowest BCUT2D eigenvalue weighted by Crippen LogP contribution is -2.43. The molecule has 0 rings (SSSR count). The van der Waals surface area contributed by atoms with Crippen LogP contribution in [0.1, 0.15) is 27.2 Å². The lowest BCUT2D eigenvalue weighted by molar-refractivity contribution is -0.123. The summed E-state index contributed by atoms with van der Waals surface area (Å²) < 4.78 is 0. The highest BCUT2D eigenvalue weighted by Crippen LogP contribution is 2.03. The normalized spacial score (nSPS) is 13.1. The molecule has 0 heterocycles. The van der Waals surface area contributed by atoms with E-state index in [0.29, 0.717) is 12.5 Å². The van der Waals surface area contributed by atoms with Gasteiger partial charge in [0.1, 0.15) is 0 Å². The maximum absolute atomic E-state index is 11.3. The summed E-state index contributed by atoms with van der Waals surface area (Å²) in [5.41, 5.74) is 0. The van der Waals surface area contributed by atoms with Gasteiger partial charge in [-0.3, -0.25) is 4.79 Å². The zero-order valence-electron chi connectivity index (χ0n) is 8.48. The molecule has 12 heavy (non-hydrogen) atoms. The number of amides is 1. The Kier molecular flexibility index (Phi) is 5.72. The lowest BCUT2D eigenvalue weighted by atomic mass is 10.0. The van der Waals surface area contributed by atoms with Crippen molar-refractivity contribution >= 4 is 5.91 Å². The fourth-order valence-corrected chi connectivity index (χ4v) is 1.12. The fraction of sp³-hybridized carbons (Fsp3) is 0.889. The summed E-state index contributed by atoms with van der Waals surface area (Å²) in [4.78, 5) is 11.3. The first-order valence-corrected chi connectivity index (χ1v) is 4.56. The molecule has 0 bridgehead atoms. The minimum absolute atomic E-state index is 0.0371. The summed E-state index contributed by atoms with van der Waals surface area (Å²) >= 11 is 0. The molecule has 3 nitrogen and oxygen atoms in total. The molecule has 2 N–H and O–H groups in total. The van der Waals surface area contributed by atoms with Crippen molar-refractivity contribution in [2.24, 2.45) is 5.92 Å². The molecule has 0 saturated heterocycles. The number of nitrogens with one attached hydrogen (secondary N) is 2. The minimum atomic E-state index is -0.0371. The molecule has 0 aliphatic heterocycles. The highest BCUT2D eigenvalue weighted by atomic mass is 16.2. The Balaban J connectivity index is 3.87. The molecule has 1 amide bonds. The van der Waals surface area contributed by atoms with Crippen LogP contribution >= 0.6 is 0 Å². The Morgan fingerprint density at radius 3 is 2.33 bits per heavy atom. The highest BCUT2D eigenvalue weighted by Gasteiger charge is 2.15. The zero-order chi connectivity index (χ0) is 9.56. The van der Waals surface area contributed by atoms with Crippen molar-refractivity contribution in [2.75, 3.05) is 13.6 Å². The van der Waals surface area contributed by atoms with Crippen LogP contribution in [0.15, 0.2) is 0 Å². The van der Waals surface area contributed by atoms with Crippen molar-refractivity contribution in [2.45, 2.75) is 33.2 Å². The Morgan fingerprint density at radius 1 is 1.42 bits per heavy atom. The summed E-state index contributed by atoms with van der Waals surface area (Å²) in [5, 5.41) is 5.81. The molecule has 3 heteroatoms. The first-order valence-electron chi connectivity index (χ1n) is 4.56. The van der Waals surface area contributed by atoms with E-state index in [2.05, 4.69) is 24.5 Å². The largest absolute Gasteiger partial charge is 0.355 e. The van der Waals surface area contributed by atoms with Gasteiger partial charge < -0.3 is 10.6 Å². The maximum atomic E-state index is 11.3. The number of hydrogen-bond donors (Lipinski definition) is 2. The van der Waals surface area contributed by atoms with Crippen molar-refractivity contribution in [3.8, 4) is 0 Å². The predicted octanol–water partition coefficient (Wildman–Crippen LogP) is 0.757. The minimum Gasteiger partial charge on any atom is -0.355 e. The van der Waals surface area contributed by atoms with Gasteiger partial charge in [-0.05, 0) is 26.3 Å². The average molecular weight is 172 g/mol. The molecule has 0 aromatic heterocycles. The monoisotopic (exact) mass is 172 g/mol. The third-order valence-corrected chi connectivity index (χ3v) is 1.72. The smallest absolute Gasteiger partial charge is 0.237 e. The summed E-state index contributed by atoms with van der Waals surface area (Å²) in [6.07, 6.45) is 0.891. The molecule has 1 atom stereocenters. The first-order chi connectivity index (χ1) is 5.61. The molecule has 0 unspecified atom stereocenters. The van der Waals surface area contributed by atoms with Gasteiger partial charge in [-0.25, -0.2) is 0 Å². The highest BCUT2D eigenvalue weighted by molar-refractivity contribution is 5.81. The van der Waals surface area contributed by atoms with Gasteiger partial charge in [0.25, 0.3) is 0 Å². The standard InChI is InChI=1S/C9H20N2O/c1-5-11-9(12)8(10-4)6-7(2)3/h7-8,10H,5-6H2,1-4H3,(H,11,12)/t8-/m1/s1. The second kappa shape index (κ2) is 6.00. The maximum Gasteiger partial charge on any atom is 0.237 e. The molecule has 0 fully saturated rings. The van der Waals surface area contributed by atoms with Gasteiger partial charge in [0.2, 0.25) is 5.91 Å². The van der Waals surface area contributed by atoms with Crippen molar-refractivity contribution in [1.29, 1.82) is 0 Å². The summed E-state index contributed by atoms with van der Waals surface area (Å²) in [6, 6.07) is -0.0371. The number of hydrogen-bond acceptors (Lipinski definition) is 2. The van der Waals surface area contributed by atoms with E-state index in [1.54, 1.807) is 0 Å². The molecule has 72 valence electrons. The average Bonchev–Trinajstić information content (AvgIpc) is 2.00. The fourth-order valence-electron chi connectivity index (χ4n) is 1.12. The molecular formula is C9H20N2O. The molecule has 0 aromatic rings. The molecule has 0 aliphatic carbocycles. The van der Waals surface area contributed by atoms with Crippen LogP contribution < -0.4 is 10.6 Å². The van der Waals surface area contributed by atoms with Gasteiger partial charge >= 0.3 is 0 Å². The third-order valence-electron chi connectivity index (χ3n) is 1.72. The van der Waals surface area contributed by atoms with Gasteiger partial charge in [0, 0.05) is 6.54 Å².